The standard InChI is InChI=1S/C18H13N3O4/c1-23-16-8-12(7-13(10-19)11-20)3-4-15(16)25-17-9-14(5-6-21-17)18(22)24-2/h3-9H,1-2H3. The molecule has 0 aliphatic carbocycles. The quantitative estimate of drug-likeness (QED) is 0.610. The number of carbonyl (C=O) groups excluding carboxylic acids is 1. The maximum absolute atomic E-state index is 11.6. The molecule has 124 valence electrons. The van der Waals surface area contributed by atoms with Crippen molar-refractivity contribution in [3.05, 3.63) is 53.2 Å². The van der Waals surface area contributed by atoms with Gasteiger partial charge >= 0.3 is 5.97 Å². The zero-order valence-corrected chi connectivity index (χ0v) is 13.5. The monoisotopic (exact) mass is 335 g/mol. The van der Waals surface area contributed by atoms with Crippen molar-refractivity contribution >= 4 is 12.0 Å². The van der Waals surface area contributed by atoms with E-state index in [-0.39, 0.29) is 11.5 Å². The van der Waals surface area contributed by atoms with Crippen LogP contribution in [0.5, 0.6) is 17.4 Å². The molecule has 0 saturated carbocycles. The molecule has 2 aromatic rings. The number of nitriles is 2. The van der Waals surface area contributed by atoms with Crippen LogP contribution >= 0.6 is 0 Å². The summed E-state index contributed by atoms with van der Waals surface area (Å²) in [6, 6.07) is 11.4. The lowest BCUT2D eigenvalue weighted by molar-refractivity contribution is 0.0600. The summed E-state index contributed by atoms with van der Waals surface area (Å²) < 4.78 is 15.6. The van der Waals surface area contributed by atoms with Crippen LogP contribution in [0, 0.1) is 22.7 Å². The van der Waals surface area contributed by atoms with Crippen LogP contribution < -0.4 is 9.47 Å². The number of aromatic nitrogens is 1. The second-order valence-corrected chi connectivity index (χ2v) is 4.67. The molecule has 0 aliphatic rings. The van der Waals surface area contributed by atoms with Crippen LogP contribution in [0.15, 0.2) is 42.1 Å². The molecule has 0 atom stereocenters. The summed E-state index contributed by atoms with van der Waals surface area (Å²) in [6.45, 7) is 0. The zero-order chi connectivity index (χ0) is 18.2. The SMILES string of the molecule is COC(=O)c1ccnc(Oc2ccc(C=C(C#N)C#N)cc2OC)c1. The number of pyridine rings is 1. The molecule has 0 radical (unpaired) electrons. The number of carbonyl (C=O) groups is 1. The predicted octanol–water partition coefficient (Wildman–Crippen LogP) is 3.10. The van der Waals surface area contributed by atoms with E-state index in [1.54, 1.807) is 30.3 Å². The van der Waals surface area contributed by atoms with E-state index in [1.807, 2.05) is 0 Å². The molecular formula is C18H13N3O4. The van der Waals surface area contributed by atoms with Gasteiger partial charge in [0.1, 0.15) is 17.7 Å². The number of nitrogens with zero attached hydrogens (tertiary/aromatic N) is 3. The highest BCUT2D eigenvalue weighted by Crippen LogP contribution is 2.32. The highest BCUT2D eigenvalue weighted by Gasteiger charge is 2.11. The summed E-state index contributed by atoms with van der Waals surface area (Å²) in [5.41, 5.74) is 0.889. The Bertz CT molecular complexity index is 891. The summed E-state index contributed by atoms with van der Waals surface area (Å²) in [5, 5.41) is 17.6. The number of rotatable bonds is 5. The highest BCUT2D eigenvalue weighted by atomic mass is 16.5. The maximum Gasteiger partial charge on any atom is 0.338 e. The van der Waals surface area contributed by atoms with Crippen LogP contribution in [-0.4, -0.2) is 25.2 Å². The largest absolute Gasteiger partial charge is 0.493 e. The number of allylic oxidation sites excluding steroid dienone is 1. The average Bonchev–Trinajstić information content (AvgIpc) is 2.66. The highest BCUT2D eigenvalue weighted by molar-refractivity contribution is 5.89. The van der Waals surface area contributed by atoms with E-state index in [9.17, 15) is 4.79 Å². The Labute approximate surface area is 144 Å². The second-order valence-electron chi connectivity index (χ2n) is 4.67. The fourth-order valence-electron chi connectivity index (χ4n) is 1.94. The number of esters is 1. The Morgan fingerprint density at radius 3 is 2.52 bits per heavy atom. The first-order valence-corrected chi connectivity index (χ1v) is 7.03. The molecule has 7 nitrogen and oxygen atoms in total. The van der Waals surface area contributed by atoms with Crippen LogP contribution in [0.4, 0.5) is 0 Å². The number of methoxy groups -OCH3 is 2. The van der Waals surface area contributed by atoms with Crippen molar-refractivity contribution in [1.82, 2.24) is 4.98 Å². The summed E-state index contributed by atoms with van der Waals surface area (Å²) in [7, 11) is 2.75. The summed E-state index contributed by atoms with van der Waals surface area (Å²) >= 11 is 0. The average molecular weight is 335 g/mol. The van der Waals surface area contributed by atoms with E-state index in [4.69, 9.17) is 20.0 Å². The first-order chi connectivity index (χ1) is 12.1. The van der Waals surface area contributed by atoms with E-state index >= 15 is 0 Å². The lowest BCUT2D eigenvalue weighted by Gasteiger charge is -2.11. The third kappa shape index (κ3) is 4.34. The van der Waals surface area contributed by atoms with E-state index < -0.39 is 5.97 Å². The van der Waals surface area contributed by atoms with Gasteiger partial charge < -0.3 is 14.2 Å². The number of ether oxygens (including phenoxy) is 3. The molecule has 1 heterocycles. The first-order valence-electron chi connectivity index (χ1n) is 7.03. The van der Waals surface area contributed by atoms with Crippen LogP contribution in [0.2, 0.25) is 0 Å². The third-order valence-electron chi connectivity index (χ3n) is 3.11. The van der Waals surface area contributed by atoms with Crippen molar-refractivity contribution in [2.24, 2.45) is 0 Å². The van der Waals surface area contributed by atoms with Gasteiger partial charge in [-0.05, 0) is 29.8 Å². The molecule has 2 rings (SSSR count). The van der Waals surface area contributed by atoms with Crippen molar-refractivity contribution in [2.45, 2.75) is 0 Å². The normalized spacial score (nSPS) is 9.28. The molecule has 0 N–H and O–H groups in total. The molecule has 0 saturated heterocycles. The van der Waals surface area contributed by atoms with Crippen molar-refractivity contribution in [2.75, 3.05) is 14.2 Å². The van der Waals surface area contributed by atoms with E-state index in [1.165, 1.54) is 38.6 Å². The minimum atomic E-state index is -0.500. The van der Waals surface area contributed by atoms with Crippen LogP contribution in [0.3, 0.4) is 0 Å². The molecule has 0 bridgehead atoms. The molecular weight excluding hydrogens is 322 g/mol. The topological polar surface area (TPSA) is 105 Å². The van der Waals surface area contributed by atoms with Crippen molar-refractivity contribution in [3.63, 3.8) is 0 Å². The molecule has 0 fully saturated rings. The minimum absolute atomic E-state index is 0.0248. The molecule has 0 amide bonds. The second kappa shape index (κ2) is 8.14. The lowest BCUT2D eigenvalue weighted by Crippen LogP contribution is -2.02. The van der Waals surface area contributed by atoms with Gasteiger partial charge in [0.05, 0.1) is 19.8 Å². The number of hydrogen-bond donors (Lipinski definition) is 0. The van der Waals surface area contributed by atoms with Gasteiger partial charge in [-0.25, -0.2) is 9.78 Å². The van der Waals surface area contributed by atoms with E-state index in [0.29, 0.717) is 22.6 Å². The summed E-state index contributed by atoms with van der Waals surface area (Å²) in [4.78, 5) is 15.6. The Balaban J connectivity index is 2.32. The Morgan fingerprint density at radius 2 is 1.88 bits per heavy atom. The number of hydrogen-bond acceptors (Lipinski definition) is 7. The van der Waals surface area contributed by atoms with Gasteiger partial charge in [0.2, 0.25) is 5.88 Å². The van der Waals surface area contributed by atoms with Gasteiger partial charge in [-0.2, -0.15) is 10.5 Å². The van der Waals surface area contributed by atoms with Gasteiger partial charge in [0.25, 0.3) is 0 Å². The Kier molecular flexibility index (Phi) is 5.70. The lowest BCUT2D eigenvalue weighted by atomic mass is 10.1. The van der Waals surface area contributed by atoms with Crippen molar-refractivity contribution < 1.29 is 19.0 Å². The van der Waals surface area contributed by atoms with Gasteiger partial charge in [0.15, 0.2) is 11.5 Å². The Morgan fingerprint density at radius 1 is 1.12 bits per heavy atom. The van der Waals surface area contributed by atoms with E-state index in [0.717, 1.165) is 0 Å². The molecule has 0 spiro atoms. The van der Waals surface area contributed by atoms with E-state index in [2.05, 4.69) is 9.72 Å². The maximum atomic E-state index is 11.6. The molecule has 0 unspecified atom stereocenters. The fourth-order valence-corrected chi connectivity index (χ4v) is 1.94. The number of benzene rings is 1. The third-order valence-corrected chi connectivity index (χ3v) is 3.11. The smallest absolute Gasteiger partial charge is 0.338 e. The zero-order valence-electron chi connectivity index (χ0n) is 13.5. The summed E-state index contributed by atoms with van der Waals surface area (Å²) in [5.74, 6) is 0.443. The van der Waals surface area contributed by atoms with Crippen molar-refractivity contribution in [1.29, 1.82) is 10.5 Å². The van der Waals surface area contributed by atoms with Crippen LogP contribution in [-0.2, 0) is 4.74 Å². The van der Waals surface area contributed by atoms with Crippen LogP contribution in [0.1, 0.15) is 15.9 Å². The van der Waals surface area contributed by atoms with Gasteiger partial charge in [0, 0.05) is 12.3 Å². The molecule has 7 heteroatoms. The first kappa shape index (κ1) is 17.5. The van der Waals surface area contributed by atoms with Gasteiger partial charge in [-0.3, -0.25) is 0 Å². The fraction of sp³-hybridized carbons (Fsp3) is 0.111. The molecule has 25 heavy (non-hydrogen) atoms. The predicted molar refractivity (Wildman–Crippen MR) is 87.8 cm³/mol. The van der Waals surface area contributed by atoms with Crippen LogP contribution in [0.25, 0.3) is 6.08 Å². The Hall–Kier alpha value is -3.84. The molecule has 0 aliphatic heterocycles. The summed E-state index contributed by atoms with van der Waals surface area (Å²) in [6.07, 6.45) is 2.86. The molecule has 1 aromatic heterocycles. The van der Waals surface area contributed by atoms with Crippen molar-refractivity contribution in [3.8, 4) is 29.5 Å². The van der Waals surface area contributed by atoms with Gasteiger partial charge in [-0.15, -0.1) is 0 Å². The minimum Gasteiger partial charge on any atom is -0.493 e. The molecule has 1 aromatic carbocycles. The van der Waals surface area contributed by atoms with Gasteiger partial charge in [-0.1, -0.05) is 6.07 Å².